The smallest absolute Gasteiger partial charge is 0.262 e. The van der Waals surface area contributed by atoms with Crippen LogP contribution in [0, 0.1) is 0 Å². The minimum atomic E-state index is -3.89. The van der Waals surface area contributed by atoms with E-state index in [9.17, 15) is 18.0 Å². The highest BCUT2D eigenvalue weighted by atomic mass is 32.2. The Bertz CT molecular complexity index is 1210. The van der Waals surface area contributed by atoms with Crippen molar-refractivity contribution < 1.29 is 27.5 Å². The van der Waals surface area contributed by atoms with Crippen LogP contribution in [-0.4, -0.2) is 34.3 Å². The molecular formula is C23H22N2O6S. The summed E-state index contributed by atoms with van der Waals surface area (Å²) in [5, 5.41) is 2.65. The van der Waals surface area contributed by atoms with Crippen LogP contribution < -0.4 is 19.5 Å². The maximum Gasteiger partial charge on any atom is 0.262 e. The molecule has 166 valence electrons. The van der Waals surface area contributed by atoms with E-state index in [0.717, 1.165) is 0 Å². The number of amides is 1. The van der Waals surface area contributed by atoms with Crippen LogP contribution in [0.5, 0.6) is 11.5 Å². The van der Waals surface area contributed by atoms with Gasteiger partial charge in [-0.25, -0.2) is 8.42 Å². The highest BCUT2D eigenvalue weighted by Crippen LogP contribution is 2.35. The van der Waals surface area contributed by atoms with Crippen LogP contribution in [0.25, 0.3) is 0 Å². The molecule has 0 heterocycles. The molecule has 3 aromatic carbocycles. The molecule has 32 heavy (non-hydrogen) atoms. The second-order valence-electron chi connectivity index (χ2n) is 6.69. The fourth-order valence-corrected chi connectivity index (χ4v) is 4.05. The zero-order chi connectivity index (χ0) is 23.1. The summed E-state index contributed by atoms with van der Waals surface area (Å²) in [6.07, 6.45) is -0.427. The average molecular weight is 455 g/mol. The Morgan fingerprint density at radius 1 is 0.844 bits per heavy atom. The van der Waals surface area contributed by atoms with Gasteiger partial charge in [0, 0.05) is 11.8 Å². The SMILES string of the molecule is COc1cc(C(=O)CC(=O)Nc2ccccc2)c(OC)cc1NS(=O)(=O)c1ccccc1. The number of ketones is 1. The lowest BCUT2D eigenvalue weighted by Gasteiger charge is -2.16. The van der Waals surface area contributed by atoms with Crippen molar-refractivity contribution in [2.45, 2.75) is 11.3 Å². The maximum absolute atomic E-state index is 12.8. The van der Waals surface area contributed by atoms with E-state index in [-0.39, 0.29) is 27.6 Å². The van der Waals surface area contributed by atoms with Crippen molar-refractivity contribution in [3.05, 3.63) is 78.4 Å². The molecule has 3 aromatic rings. The van der Waals surface area contributed by atoms with E-state index in [2.05, 4.69) is 10.0 Å². The first-order chi connectivity index (χ1) is 15.3. The highest BCUT2D eigenvalue weighted by molar-refractivity contribution is 7.92. The lowest BCUT2D eigenvalue weighted by molar-refractivity contribution is -0.115. The molecule has 0 aliphatic rings. The normalized spacial score (nSPS) is 10.8. The van der Waals surface area contributed by atoms with Crippen molar-refractivity contribution in [2.75, 3.05) is 24.3 Å². The molecule has 9 heteroatoms. The van der Waals surface area contributed by atoms with E-state index >= 15 is 0 Å². The number of para-hydroxylation sites is 1. The number of hydrogen-bond acceptors (Lipinski definition) is 6. The number of carbonyl (C=O) groups is 2. The van der Waals surface area contributed by atoms with E-state index in [4.69, 9.17) is 9.47 Å². The maximum atomic E-state index is 12.8. The van der Waals surface area contributed by atoms with Crippen LogP contribution >= 0.6 is 0 Å². The van der Waals surface area contributed by atoms with Crippen LogP contribution in [0.3, 0.4) is 0 Å². The van der Waals surface area contributed by atoms with Crippen molar-refractivity contribution in [2.24, 2.45) is 0 Å². The number of Topliss-reactive ketones (excluding diaryl/α,β-unsaturated/α-hetero) is 1. The molecule has 8 nitrogen and oxygen atoms in total. The molecule has 1 amide bonds. The fraction of sp³-hybridized carbons (Fsp3) is 0.130. The summed E-state index contributed by atoms with van der Waals surface area (Å²) >= 11 is 0. The van der Waals surface area contributed by atoms with E-state index in [0.29, 0.717) is 5.69 Å². The van der Waals surface area contributed by atoms with E-state index in [1.165, 1.54) is 38.5 Å². The molecule has 0 spiro atoms. The van der Waals surface area contributed by atoms with Gasteiger partial charge in [0.25, 0.3) is 10.0 Å². The Morgan fingerprint density at radius 3 is 2.03 bits per heavy atom. The Kier molecular flexibility index (Phi) is 7.11. The summed E-state index contributed by atoms with van der Waals surface area (Å²) in [4.78, 5) is 25.1. The minimum Gasteiger partial charge on any atom is -0.496 e. The monoisotopic (exact) mass is 454 g/mol. The Hall–Kier alpha value is -3.85. The molecule has 2 N–H and O–H groups in total. The number of sulfonamides is 1. The quantitative estimate of drug-likeness (QED) is 0.377. The lowest BCUT2D eigenvalue weighted by Crippen LogP contribution is -2.18. The molecule has 0 aromatic heterocycles. The number of nitrogens with one attached hydrogen (secondary N) is 2. The van der Waals surface area contributed by atoms with E-state index < -0.39 is 28.1 Å². The van der Waals surface area contributed by atoms with Gasteiger partial charge in [0.2, 0.25) is 5.91 Å². The summed E-state index contributed by atoms with van der Waals surface area (Å²) in [5.41, 5.74) is 0.759. The van der Waals surface area contributed by atoms with Gasteiger partial charge in [-0.05, 0) is 30.3 Å². The third-order valence-electron chi connectivity index (χ3n) is 4.50. The van der Waals surface area contributed by atoms with Gasteiger partial charge in [0.15, 0.2) is 5.78 Å². The summed E-state index contributed by atoms with van der Waals surface area (Å²) in [5.74, 6) is -0.784. The first kappa shape index (κ1) is 22.8. The number of carbonyl (C=O) groups excluding carboxylic acids is 2. The number of rotatable bonds is 9. The summed E-state index contributed by atoms with van der Waals surface area (Å²) in [6, 6.07) is 19.3. The highest BCUT2D eigenvalue weighted by Gasteiger charge is 2.22. The van der Waals surface area contributed by atoms with Gasteiger partial charge in [0.05, 0.1) is 36.8 Å². The van der Waals surface area contributed by atoms with Crippen LogP contribution in [0.15, 0.2) is 77.7 Å². The van der Waals surface area contributed by atoms with Crippen LogP contribution in [0.1, 0.15) is 16.8 Å². The summed E-state index contributed by atoms with van der Waals surface area (Å²) in [7, 11) is -1.20. The number of ether oxygens (including phenoxy) is 2. The zero-order valence-corrected chi connectivity index (χ0v) is 18.3. The van der Waals surface area contributed by atoms with Crippen LogP contribution in [0.4, 0.5) is 11.4 Å². The number of benzene rings is 3. The lowest BCUT2D eigenvalue weighted by atomic mass is 10.1. The molecule has 0 bridgehead atoms. The molecule has 0 atom stereocenters. The third-order valence-corrected chi connectivity index (χ3v) is 5.88. The molecular weight excluding hydrogens is 432 g/mol. The largest absolute Gasteiger partial charge is 0.496 e. The number of hydrogen-bond donors (Lipinski definition) is 2. The van der Waals surface area contributed by atoms with Crippen molar-refractivity contribution in [3.8, 4) is 11.5 Å². The Balaban J connectivity index is 1.85. The zero-order valence-electron chi connectivity index (χ0n) is 17.5. The van der Waals surface area contributed by atoms with Gasteiger partial charge in [0.1, 0.15) is 11.5 Å². The second kappa shape index (κ2) is 9.97. The summed E-state index contributed by atoms with van der Waals surface area (Å²) in [6.45, 7) is 0. The van der Waals surface area contributed by atoms with Crippen molar-refractivity contribution >= 4 is 33.1 Å². The van der Waals surface area contributed by atoms with E-state index in [1.807, 2.05) is 6.07 Å². The molecule has 0 unspecified atom stereocenters. The third kappa shape index (κ3) is 5.44. The molecule has 0 aliphatic heterocycles. The van der Waals surface area contributed by atoms with Crippen LogP contribution in [0.2, 0.25) is 0 Å². The van der Waals surface area contributed by atoms with Gasteiger partial charge in [-0.3, -0.25) is 14.3 Å². The predicted molar refractivity (Wildman–Crippen MR) is 121 cm³/mol. The molecule has 0 aliphatic carbocycles. The molecule has 0 radical (unpaired) electrons. The second-order valence-corrected chi connectivity index (χ2v) is 8.37. The van der Waals surface area contributed by atoms with Gasteiger partial charge < -0.3 is 14.8 Å². The fourth-order valence-electron chi connectivity index (χ4n) is 2.97. The van der Waals surface area contributed by atoms with Crippen molar-refractivity contribution in [3.63, 3.8) is 0 Å². The summed E-state index contributed by atoms with van der Waals surface area (Å²) < 4.78 is 38.4. The molecule has 3 rings (SSSR count). The van der Waals surface area contributed by atoms with Crippen LogP contribution in [-0.2, 0) is 14.8 Å². The molecule has 0 fully saturated rings. The Labute approximate surface area is 186 Å². The van der Waals surface area contributed by atoms with E-state index in [1.54, 1.807) is 42.5 Å². The number of anilines is 2. The topological polar surface area (TPSA) is 111 Å². The standard InChI is InChI=1S/C23H22N2O6S/c1-30-21-14-19(25-32(28,29)17-11-7-4-8-12-17)22(31-2)13-18(21)20(26)15-23(27)24-16-9-5-3-6-10-16/h3-14,25H,15H2,1-2H3,(H,24,27). The van der Waals surface area contributed by atoms with Crippen molar-refractivity contribution in [1.82, 2.24) is 0 Å². The minimum absolute atomic E-state index is 0.0683. The van der Waals surface area contributed by atoms with Gasteiger partial charge in [-0.2, -0.15) is 0 Å². The first-order valence-electron chi connectivity index (χ1n) is 9.56. The van der Waals surface area contributed by atoms with Gasteiger partial charge in [-0.1, -0.05) is 36.4 Å². The first-order valence-corrected chi connectivity index (χ1v) is 11.0. The molecule has 0 saturated heterocycles. The Morgan fingerprint density at radius 2 is 1.44 bits per heavy atom. The van der Waals surface area contributed by atoms with Gasteiger partial charge in [-0.15, -0.1) is 0 Å². The van der Waals surface area contributed by atoms with Gasteiger partial charge >= 0.3 is 0 Å². The molecule has 0 saturated carbocycles. The number of methoxy groups -OCH3 is 2. The average Bonchev–Trinajstić information content (AvgIpc) is 2.79. The predicted octanol–water partition coefficient (Wildman–Crippen LogP) is 3.72. The van der Waals surface area contributed by atoms with Crippen molar-refractivity contribution in [1.29, 1.82) is 0 Å².